The largest absolute Gasteiger partial charge is 0.383 e. The summed E-state index contributed by atoms with van der Waals surface area (Å²) in [5, 5.41) is 3.38. The predicted octanol–water partition coefficient (Wildman–Crippen LogP) is 4.03. The summed E-state index contributed by atoms with van der Waals surface area (Å²) >= 11 is 0. The topological polar surface area (TPSA) is 112 Å². The number of benzene rings is 2. The zero-order chi connectivity index (χ0) is 21.5. The summed E-state index contributed by atoms with van der Waals surface area (Å²) < 4.78 is 5.87. The highest BCUT2D eigenvalue weighted by Crippen LogP contribution is 2.30. The molecule has 0 saturated carbocycles. The van der Waals surface area contributed by atoms with Crippen LogP contribution in [0, 0.1) is 0 Å². The van der Waals surface area contributed by atoms with Crippen LogP contribution in [-0.4, -0.2) is 15.0 Å². The maximum absolute atomic E-state index is 6.20. The Bertz CT molecular complexity index is 1120. The summed E-state index contributed by atoms with van der Waals surface area (Å²) in [6.45, 7) is 1.45. The van der Waals surface area contributed by atoms with Crippen molar-refractivity contribution in [3.05, 3.63) is 95.9 Å². The molecule has 7 nitrogen and oxygen atoms in total. The van der Waals surface area contributed by atoms with Crippen LogP contribution in [0.1, 0.15) is 16.8 Å². The Labute approximate surface area is 181 Å². The van der Waals surface area contributed by atoms with Crippen LogP contribution in [0.15, 0.2) is 79.1 Å². The van der Waals surface area contributed by atoms with Crippen LogP contribution < -0.4 is 16.8 Å². The number of rotatable bonds is 8. The van der Waals surface area contributed by atoms with Gasteiger partial charge in [-0.3, -0.25) is 4.98 Å². The Morgan fingerprint density at radius 3 is 2.32 bits per heavy atom. The van der Waals surface area contributed by atoms with Crippen LogP contribution in [-0.2, 0) is 24.5 Å². The molecule has 2 heterocycles. The highest BCUT2D eigenvalue weighted by Gasteiger charge is 2.14. The predicted molar refractivity (Wildman–Crippen MR) is 123 cm³/mol. The van der Waals surface area contributed by atoms with Crippen LogP contribution in [0.2, 0.25) is 0 Å². The van der Waals surface area contributed by atoms with Crippen LogP contribution >= 0.6 is 0 Å². The van der Waals surface area contributed by atoms with Crippen LogP contribution in [0.25, 0.3) is 11.1 Å². The molecule has 0 aliphatic carbocycles. The van der Waals surface area contributed by atoms with Gasteiger partial charge in [-0.25, -0.2) is 4.98 Å². The molecule has 2 aromatic heterocycles. The molecule has 0 amide bonds. The minimum atomic E-state index is 0.134. The van der Waals surface area contributed by atoms with Gasteiger partial charge in [-0.05, 0) is 34.9 Å². The SMILES string of the molecule is Nc1nc(N)c(-c2ccc(NCc3cccnc3)cc2)c(COCc2ccccc2)n1. The number of hydrogen-bond acceptors (Lipinski definition) is 7. The molecule has 7 heteroatoms. The van der Waals surface area contributed by atoms with Gasteiger partial charge in [0.25, 0.3) is 0 Å². The maximum atomic E-state index is 6.20. The lowest BCUT2D eigenvalue weighted by Gasteiger charge is -2.13. The van der Waals surface area contributed by atoms with Crippen molar-refractivity contribution in [3.8, 4) is 11.1 Å². The molecule has 2 aromatic carbocycles. The monoisotopic (exact) mass is 412 g/mol. The second kappa shape index (κ2) is 9.69. The molecule has 0 aliphatic heterocycles. The average molecular weight is 412 g/mol. The molecule has 0 atom stereocenters. The minimum Gasteiger partial charge on any atom is -0.383 e. The van der Waals surface area contributed by atoms with Gasteiger partial charge in [0.2, 0.25) is 5.95 Å². The summed E-state index contributed by atoms with van der Waals surface area (Å²) in [4.78, 5) is 12.7. The molecule has 0 radical (unpaired) electrons. The van der Waals surface area contributed by atoms with E-state index in [1.165, 1.54) is 0 Å². The molecule has 0 spiro atoms. The normalized spacial score (nSPS) is 10.7. The Kier molecular flexibility index (Phi) is 6.35. The summed E-state index contributed by atoms with van der Waals surface area (Å²) in [6.07, 6.45) is 3.61. The smallest absolute Gasteiger partial charge is 0.222 e. The number of nitrogen functional groups attached to an aromatic ring is 2. The van der Waals surface area contributed by atoms with E-state index < -0.39 is 0 Å². The number of nitrogens with one attached hydrogen (secondary N) is 1. The van der Waals surface area contributed by atoms with Gasteiger partial charge >= 0.3 is 0 Å². The Balaban J connectivity index is 1.48. The van der Waals surface area contributed by atoms with Gasteiger partial charge in [-0.1, -0.05) is 48.5 Å². The molecular formula is C24H24N6O. The highest BCUT2D eigenvalue weighted by molar-refractivity contribution is 5.77. The first kappa shape index (κ1) is 20.3. The Hall–Kier alpha value is -3.97. The van der Waals surface area contributed by atoms with E-state index in [2.05, 4.69) is 20.3 Å². The summed E-state index contributed by atoms with van der Waals surface area (Å²) in [6, 6.07) is 21.9. The summed E-state index contributed by atoms with van der Waals surface area (Å²) in [7, 11) is 0. The molecule has 4 rings (SSSR count). The fraction of sp³-hybridized carbons (Fsp3) is 0.125. The van der Waals surface area contributed by atoms with E-state index in [0.717, 1.165) is 27.9 Å². The fourth-order valence-corrected chi connectivity index (χ4v) is 3.27. The lowest BCUT2D eigenvalue weighted by atomic mass is 10.0. The third kappa shape index (κ3) is 5.34. The Morgan fingerprint density at radius 2 is 1.58 bits per heavy atom. The van der Waals surface area contributed by atoms with E-state index in [-0.39, 0.29) is 12.6 Å². The molecule has 156 valence electrons. The van der Waals surface area contributed by atoms with E-state index in [0.29, 0.717) is 24.7 Å². The highest BCUT2D eigenvalue weighted by atomic mass is 16.5. The lowest BCUT2D eigenvalue weighted by molar-refractivity contribution is 0.105. The number of anilines is 3. The summed E-state index contributed by atoms with van der Waals surface area (Å²) in [5.74, 6) is 0.469. The standard InChI is InChI=1S/C24H24N6O/c25-23-22(19-8-10-20(11-9-19)28-14-18-7-4-12-27-13-18)21(29-24(26)30-23)16-31-15-17-5-2-1-3-6-17/h1-13,28H,14-16H2,(H4,25,26,29,30). The van der Waals surface area contributed by atoms with Gasteiger partial charge in [-0.15, -0.1) is 0 Å². The number of nitrogens with zero attached hydrogens (tertiary/aromatic N) is 3. The minimum absolute atomic E-state index is 0.134. The van der Waals surface area contributed by atoms with E-state index in [9.17, 15) is 0 Å². The number of pyridine rings is 1. The lowest BCUT2D eigenvalue weighted by Crippen LogP contribution is -2.08. The Morgan fingerprint density at radius 1 is 0.806 bits per heavy atom. The fourth-order valence-electron chi connectivity index (χ4n) is 3.27. The number of ether oxygens (including phenoxy) is 1. The third-order valence-electron chi connectivity index (χ3n) is 4.77. The maximum Gasteiger partial charge on any atom is 0.222 e. The third-order valence-corrected chi connectivity index (χ3v) is 4.77. The quantitative estimate of drug-likeness (QED) is 0.400. The molecule has 31 heavy (non-hydrogen) atoms. The van der Waals surface area contributed by atoms with Crippen molar-refractivity contribution >= 4 is 17.5 Å². The van der Waals surface area contributed by atoms with Gasteiger partial charge in [0.1, 0.15) is 5.82 Å². The molecule has 0 bridgehead atoms. The first-order chi connectivity index (χ1) is 15.2. The molecule has 0 aliphatic rings. The van der Waals surface area contributed by atoms with Crippen molar-refractivity contribution in [3.63, 3.8) is 0 Å². The van der Waals surface area contributed by atoms with Crippen molar-refractivity contribution in [2.45, 2.75) is 19.8 Å². The number of aromatic nitrogens is 3. The summed E-state index contributed by atoms with van der Waals surface area (Å²) in [5.41, 5.74) is 17.5. The van der Waals surface area contributed by atoms with Crippen molar-refractivity contribution in [1.82, 2.24) is 15.0 Å². The number of nitrogens with two attached hydrogens (primary N) is 2. The van der Waals surface area contributed by atoms with Gasteiger partial charge in [-0.2, -0.15) is 4.98 Å². The molecule has 4 aromatic rings. The zero-order valence-corrected chi connectivity index (χ0v) is 17.0. The molecule has 0 unspecified atom stereocenters. The van der Waals surface area contributed by atoms with E-state index in [4.69, 9.17) is 16.2 Å². The second-order valence-corrected chi connectivity index (χ2v) is 7.06. The van der Waals surface area contributed by atoms with Crippen molar-refractivity contribution in [1.29, 1.82) is 0 Å². The van der Waals surface area contributed by atoms with Crippen LogP contribution in [0.3, 0.4) is 0 Å². The number of hydrogen-bond donors (Lipinski definition) is 3. The van der Waals surface area contributed by atoms with E-state index in [1.54, 1.807) is 6.20 Å². The second-order valence-electron chi connectivity index (χ2n) is 7.06. The van der Waals surface area contributed by atoms with Gasteiger partial charge in [0.05, 0.1) is 18.9 Å². The van der Waals surface area contributed by atoms with E-state index in [1.807, 2.05) is 72.9 Å². The van der Waals surface area contributed by atoms with Gasteiger partial charge < -0.3 is 21.5 Å². The van der Waals surface area contributed by atoms with Crippen molar-refractivity contribution in [2.75, 3.05) is 16.8 Å². The first-order valence-electron chi connectivity index (χ1n) is 9.96. The first-order valence-corrected chi connectivity index (χ1v) is 9.96. The van der Waals surface area contributed by atoms with Crippen LogP contribution in [0.4, 0.5) is 17.5 Å². The van der Waals surface area contributed by atoms with Crippen molar-refractivity contribution in [2.24, 2.45) is 0 Å². The molecule has 5 N–H and O–H groups in total. The molecular weight excluding hydrogens is 388 g/mol. The molecule has 0 saturated heterocycles. The van der Waals surface area contributed by atoms with Gasteiger partial charge in [0.15, 0.2) is 0 Å². The molecule has 0 fully saturated rings. The van der Waals surface area contributed by atoms with Crippen molar-refractivity contribution < 1.29 is 4.74 Å². The van der Waals surface area contributed by atoms with E-state index >= 15 is 0 Å². The average Bonchev–Trinajstić information content (AvgIpc) is 2.79. The van der Waals surface area contributed by atoms with Crippen LogP contribution in [0.5, 0.6) is 0 Å². The zero-order valence-electron chi connectivity index (χ0n) is 17.0. The van der Waals surface area contributed by atoms with Gasteiger partial charge in [0, 0.05) is 30.2 Å².